The lowest BCUT2D eigenvalue weighted by Crippen LogP contribution is -2.57. The van der Waals surface area contributed by atoms with Gasteiger partial charge < -0.3 is 30.5 Å². The highest BCUT2D eigenvalue weighted by Gasteiger charge is 2.53. The zero-order valence-corrected chi connectivity index (χ0v) is 21.5. The molecule has 2 aromatic carbocycles. The largest absolute Gasteiger partial charge is 0.448 e. The summed E-state index contributed by atoms with van der Waals surface area (Å²) in [6.07, 6.45) is 2.57. The van der Waals surface area contributed by atoms with Crippen molar-refractivity contribution >= 4 is 35.2 Å². The summed E-state index contributed by atoms with van der Waals surface area (Å²) in [4.78, 5) is 43.2. The van der Waals surface area contributed by atoms with E-state index >= 15 is 0 Å². The Morgan fingerprint density at radius 1 is 1.05 bits per heavy atom. The van der Waals surface area contributed by atoms with Crippen LogP contribution in [0.4, 0.5) is 10.5 Å². The first-order valence-corrected chi connectivity index (χ1v) is 12.9. The summed E-state index contributed by atoms with van der Waals surface area (Å²) in [5.41, 5.74) is 6.32. The Morgan fingerprint density at radius 2 is 1.76 bits per heavy atom. The fourth-order valence-corrected chi connectivity index (χ4v) is 5.11. The Labute approximate surface area is 222 Å². The molecule has 2 aliphatic heterocycles. The maximum Gasteiger partial charge on any atom is 0.404 e. The number of piperidine rings is 1. The molecule has 0 bridgehead atoms. The van der Waals surface area contributed by atoms with Crippen molar-refractivity contribution in [2.45, 2.75) is 24.8 Å². The summed E-state index contributed by atoms with van der Waals surface area (Å²) in [5, 5.41) is 3.85. The smallest absolute Gasteiger partial charge is 0.404 e. The first kappa shape index (κ1) is 26.8. The number of carbonyl (C=O) groups excluding carboxylic acids is 3. The predicted molar refractivity (Wildman–Crippen MR) is 142 cm³/mol. The molecule has 3 N–H and O–H groups in total. The Morgan fingerprint density at radius 3 is 2.43 bits per heavy atom. The lowest BCUT2D eigenvalue weighted by Gasteiger charge is -2.43. The molecular formula is C27H33ClN5O4. The number of ether oxygens (including phenoxy) is 1. The number of hydrogen-bond acceptors (Lipinski definition) is 6. The number of carbonyl (C=O) groups is 3. The number of nitrogens with zero attached hydrogens (tertiary/aromatic N) is 3. The second-order valence-corrected chi connectivity index (χ2v) is 9.72. The van der Waals surface area contributed by atoms with Gasteiger partial charge in [-0.15, -0.1) is 0 Å². The highest BCUT2D eigenvalue weighted by atomic mass is 35.5. The summed E-state index contributed by atoms with van der Waals surface area (Å²) >= 11 is 5.95. The van der Waals surface area contributed by atoms with Gasteiger partial charge in [0.15, 0.2) is 0 Å². The lowest BCUT2D eigenvalue weighted by atomic mass is 9.85. The molecule has 2 aromatic rings. The van der Waals surface area contributed by atoms with Crippen LogP contribution in [0.25, 0.3) is 0 Å². The van der Waals surface area contributed by atoms with Crippen LogP contribution in [0.15, 0.2) is 54.6 Å². The average Bonchev–Trinajstić information content (AvgIpc) is 3.17. The third kappa shape index (κ3) is 6.53. The van der Waals surface area contributed by atoms with Gasteiger partial charge in [0.2, 0.25) is 11.8 Å². The number of para-hydroxylation sites is 1. The number of amides is 3. The van der Waals surface area contributed by atoms with Crippen LogP contribution in [-0.2, 0) is 20.7 Å². The molecule has 37 heavy (non-hydrogen) atoms. The van der Waals surface area contributed by atoms with E-state index in [1.807, 2.05) is 64.4 Å². The van der Waals surface area contributed by atoms with Crippen molar-refractivity contribution in [3.63, 3.8) is 0 Å². The minimum Gasteiger partial charge on any atom is -0.448 e. The van der Waals surface area contributed by atoms with Crippen molar-refractivity contribution in [1.82, 2.24) is 15.1 Å². The van der Waals surface area contributed by atoms with Crippen molar-refractivity contribution in [3.8, 4) is 0 Å². The van der Waals surface area contributed by atoms with Gasteiger partial charge in [0.1, 0.15) is 12.1 Å². The van der Waals surface area contributed by atoms with Crippen LogP contribution in [0.3, 0.4) is 0 Å². The zero-order valence-electron chi connectivity index (χ0n) is 20.8. The van der Waals surface area contributed by atoms with Gasteiger partial charge in [-0.05, 0) is 49.1 Å². The Bertz CT molecular complexity index is 1070. The molecule has 0 aromatic heterocycles. The molecule has 1 radical (unpaired) electrons. The molecule has 4 rings (SSSR count). The molecule has 1 spiro atoms. The molecule has 10 heteroatoms. The van der Waals surface area contributed by atoms with Gasteiger partial charge in [-0.25, -0.2) is 4.79 Å². The number of rotatable bonds is 10. The molecule has 3 amide bonds. The molecule has 2 aliphatic rings. The van der Waals surface area contributed by atoms with Crippen LogP contribution in [0.5, 0.6) is 0 Å². The summed E-state index contributed by atoms with van der Waals surface area (Å²) in [6.45, 7) is 3.25. The first-order valence-electron chi connectivity index (χ1n) is 12.5. The van der Waals surface area contributed by atoms with Crippen LogP contribution in [0, 0.1) is 6.42 Å². The number of hydrogen-bond donors (Lipinski definition) is 2. The van der Waals surface area contributed by atoms with Crippen molar-refractivity contribution in [2.75, 3.05) is 50.9 Å². The lowest BCUT2D eigenvalue weighted by molar-refractivity contribution is -0.137. The molecule has 2 heterocycles. The van der Waals surface area contributed by atoms with Crippen molar-refractivity contribution in [1.29, 1.82) is 0 Å². The second-order valence-electron chi connectivity index (χ2n) is 9.28. The van der Waals surface area contributed by atoms with E-state index < -0.39 is 11.6 Å². The first-order chi connectivity index (χ1) is 17.9. The molecule has 0 saturated carbocycles. The number of primary amides is 1. The molecule has 197 valence electrons. The summed E-state index contributed by atoms with van der Waals surface area (Å²) in [5.74, 6) is 0.0736. The molecule has 9 nitrogen and oxygen atoms in total. The zero-order chi connectivity index (χ0) is 26.3. The molecule has 2 saturated heterocycles. The minimum atomic E-state index is -0.802. The van der Waals surface area contributed by atoms with Crippen LogP contribution in [-0.4, -0.2) is 79.2 Å². The van der Waals surface area contributed by atoms with Gasteiger partial charge in [-0.3, -0.25) is 9.59 Å². The van der Waals surface area contributed by atoms with Gasteiger partial charge in [0, 0.05) is 43.4 Å². The van der Waals surface area contributed by atoms with Gasteiger partial charge in [0.25, 0.3) is 0 Å². The quantitative estimate of drug-likeness (QED) is 0.460. The summed E-state index contributed by atoms with van der Waals surface area (Å²) < 4.78 is 4.72. The molecule has 0 aliphatic carbocycles. The average molecular weight is 527 g/mol. The molecule has 2 fully saturated rings. The molecule has 0 atom stereocenters. The van der Waals surface area contributed by atoms with Crippen molar-refractivity contribution < 1.29 is 19.1 Å². The van der Waals surface area contributed by atoms with Crippen molar-refractivity contribution in [3.05, 3.63) is 71.6 Å². The van der Waals surface area contributed by atoms with Crippen LogP contribution >= 0.6 is 11.6 Å². The van der Waals surface area contributed by atoms with E-state index in [1.165, 1.54) is 0 Å². The summed E-state index contributed by atoms with van der Waals surface area (Å²) in [6, 6.07) is 17.4. The summed E-state index contributed by atoms with van der Waals surface area (Å²) in [7, 11) is 0. The Balaban J connectivity index is 1.36. The highest BCUT2D eigenvalue weighted by Crippen LogP contribution is 2.39. The van der Waals surface area contributed by atoms with E-state index in [0.29, 0.717) is 63.7 Å². The van der Waals surface area contributed by atoms with E-state index in [2.05, 4.69) is 10.2 Å². The molecule has 0 unspecified atom stereocenters. The number of nitrogens with two attached hydrogens (primary N) is 1. The maximum atomic E-state index is 13.7. The van der Waals surface area contributed by atoms with E-state index in [-0.39, 0.29) is 18.4 Å². The number of halogens is 1. The van der Waals surface area contributed by atoms with Crippen LogP contribution in [0.2, 0.25) is 5.02 Å². The van der Waals surface area contributed by atoms with Crippen LogP contribution in [0.1, 0.15) is 18.4 Å². The van der Waals surface area contributed by atoms with Gasteiger partial charge in [-0.2, -0.15) is 0 Å². The van der Waals surface area contributed by atoms with E-state index in [4.69, 9.17) is 22.1 Å². The number of anilines is 1. The molecular weight excluding hydrogens is 494 g/mol. The number of nitrogens with one attached hydrogen (secondary N) is 1. The second kappa shape index (κ2) is 12.3. The standard InChI is InChI=1S/C27H33ClN5O4/c28-22-9-6-21(7-10-22)8-11-24(34)31-16-12-27(13-17-31)25(35)32(18-14-30-15-19-37-26(29)36)20-33(27)23-4-2-1-3-5-23/h1-7,9-11,30H,8,12-20H2,(H2,29,36). The van der Waals surface area contributed by atoms with Gasteiger partial charge in [0.05, 0.1) is 13.1 Å². The van der Waals surface area contributed by atoms with Gasteiger partial charge >= 0.3 is 6.09 Å². The normalized spacial score (nSPS) is 16.9. The fraction of sp³-hybridized carbons (Fsp3) is 0.407. The number of benzene rings is 2. The third-order valence-electron chi connectivity index (χ3n) is 6.99. The van der Waals surface area contributed by atoms with E-state index in [9.17, 15) is 14.4 Å². The predicted octanol–water partition coefficient (Wildman–Crippen LogP) is 2.44. The highest BCUT2D eigenvalue weighted by molar-refractivity contribution is 6.30. The van der Waals surface area contributed by atoms with Crippen molar-refractivity contribution in [2.24, 2.45) is 5.73 Å². The Kier molecular flexibility index (Phi) is 8.89. The monoisotopic (exact) mass is 526 g/mol. The van der Waals surface area contributed by atoms with E-state index in [1.54, 1.807) is 6.42 Å². The fourth-order valence-electron chi connectivity index (χ4n) is 4.99. The SMILES string of the molecule is NC(=O)OCCNCCN1CN(c2ccccc2)C2(CCN(C(=O)[CH]Cc3ccc(Cl)cc3)CC2)C1=O. The number of likely N-dealkylation sites (tertiary alicyclic amines) is 1. The topological polar surface area (TPSA) is 108 Å². The Hall–Kier alpha value is -3.30. The third-order valence-corrected chi connectivity index (χ3v) is 7.24. The van der Waals surface area contributed by atoms with Crippen LogP contribution < -0.4 is 16.0 Å². The van der Waals surface area contributed by atoms with Gasteiger partial charge in [-0.1, -0.05) is 41.9 Å². The van der Waals surface area contributed by atoms with E-state index in [0.717, 1.165) is 11.3 Å². The maximum absolute atomic E-state index is 13.7. The minimum absolute atomic E-state index is 0.0132.